The zero-order chi connectivity index (χ0) is 23.8. The van der Waals surface area contributed by atoms with Gasteiger partial charge in [0.2, 0.25) is 10.0 Å². The Balaban J connectivity index is 1.63. The molecule has 0 saturated carbocycles. The van der Waals surface area contributed by atoms with Crippen LogP contribution in [-0.4, -0.2) is 65.3 Å². The molecule has 0 unspecified atom stereocenters. The van der Waals surface area contributed by atoms with Gasteiger partial charge in [0, 0.05) is 19.6 Å². The number of hydrogen-bond acceptors (Lipinski definition) is 6. The number of rotatable bonds is 10. The Hall–Kier alpha value is -2.62. The molecule has 1 heterocycles. The van der Waals surface area contributed by atoms with E-state index in [1.807, 2.05) is 38.1 Å². The third-order valence-corrected chi connectivity index (χ3v) is 6.67. The molecule has 33 heavy (non-hydrogen) atoms. The lowest BCUT2D eigenvalue weighted by Gasteiger charge is -2.27. The van der Waals surface area contributed by atoms with E-state index in [1.165, 1.54) is 25.3 Å². The molecule has 2 aromatic carbocycles. The molecule has 0 aliphatic carbocycles. The van der Waals surface area contributed by atoms with E-state index in [0.717, 1.165) is 11.3 Å². The van der Waals surface area contributed by atoms with Gasteiger partial charge >= 0.3 is 0 Å². The first-order valence-corrected chi connectivity index (χ1v) is 12.6. The molecule has 9 heteroatoms. The Kier molecular flexibility index (Phi) is 8.71. The number of carbonyl (C=O) groups excluding carboxylic acids is 1. The van der Waals surface area contributed by atoms with E-state index >= 15 is 0 Å². The van der Waals surface area contributed by atoms with Gasteiger partial charge in [0.1, 0.15) is 11.5 Å². The van der Waals surface area contributed by atoms with E-state index in [9.17, 15) is 13.2 Å². The molecule has 1 N–H and O–H groups in total. The average Bonchev–Trinajstić information content (AvgIpc) is 2.81. The summed E-state index contributed by atoms with van der Waals surface area (Å²) in [4.78, 5) is 14.6. The van der Waals surface area contributed by atoms with Gasteiger partial charge in [0.05, 0.1) is 36.9 Å². The standard InChI is InChI=1S/C24H32N2O6S/c1-18(2)32-20-8-4-6-19(16-20)7-5-11-25-33(28,29)21-9-10-23(30-3)22(17-21)24(27)26-12-14-31-15-13-26/h4,6,8-10,16-18,25H,5,7,11-15H2,1-3H3. The minimum atomic E-state index is -3.78. The van der Waals surface area contributed by atoms with Crippen LogP contribution in [0.2, 0.25) is 0 Å². The Morgan fingerprint density at radius 2 is 1.91 bits per heavy atom. The molecule has 1 amide bonds. The van der Waals surface area contributed by atoms with Crippen molar-refractivity contribution in [1.82, 2.24) is 9.62 Å². The maximum atomic E-state index is 12.9. The van der Waals surface area contributed by atoms with E-state index in [1.54, 1.807) is 4.90 Å². The first kappa shape index (κ1) is 25.0. The second kappa shape index (κ2) is 11.5. The van der Waals surface area contributed by atoms with Crippen LogP contribution in [0.3, 0.4) is 0 Å². The summed E-state index contributed by atoms with van der Waals surface area (Å²) in [5, 5.41) is 0. The lowest BCUT2D eigenvalue weighted by Crippen LogP contribution is -2.40. The van der Waals surface area contributed by atoms with Gasteiger partial charge in [-0.1, -0.05) is 12.1 Å². The van der Waals surface area contributed by atoms with Gasteiger partial charge in [-0.2, -0.15) is 0 Å². The van der Waals surface area contributed by atoms with Crippen molar-refractivity contribution in [2.75, 3.05) is 40.0 Å². The number of sulfonamides is 1. The normalized spacial score (nSPS) is 14.4. The molecule has 0 aromatic heterocycles. The maximum Gasteiger partial charge on any atom is 0.257 e. The number of morpholine rings is 1. The highest BCUT2D eigenvalue weighted by atomic mass is 32.2. The fourth-order valence-corrected chi connectivity index (χ4v) is 4.69. The second-order valence-electron chi connectivity index (χ2n) is 8.08. The van der Waals surface area contributed by atoms with Crippen molar-refractivity contribution in [2.24, 2.45) is 0 Å². The number of benzene rings is 2. The number of amides is 1. The smallest absolute Gasteiger partial charge is 0.257 e. The fraction of sp³-hybridized carbons (Fsp3) is 0.458. The van der Waals surface area contributed by atoms with Crippen molar-refractivity contribution < 1.29 is 27.4 Å². The number of carbonyl (C=O) groups is 1. The number of nitrogens with one attached hydrogen (secondary N) is 1. The summed E-state index contributed by atoms with van der Waals surface area (Å²) in [5.74, 6) is 0.878. The van der Waals surface area contributed by atoms with E-state index < -0.39 is 10.0 Å². The zero-order valence-electron chi connectivity index (χ0n) is 19.4. The van der Waals surface area contributed by atoms with E-state index in [4.69, 9.17) is 14.2 Å². The van der Waals surface area contributed by atoms with Crippen LogP contribution >= 0.6 is 0 Å². The van der Waals surface area contributed by atoms with E-state index in [0.29, 0.717) is 44.9 Å². The molecule has 1 saturated heterocycles. The monoisotopic (exact) mass is 476 g/mol. The lowest BCUT2D eigenvalue weighted by atomic mass is 10.1. The number of methoxy groups -OCH3 is 1. The molecule has 1 aliphatic heterocycles. The Labute approximate surface area is 195 Å². The lowest BCUT2D eigenvalue weighted by molar-refractivity contribution is 0.0300. The summed E-state index contributed by atoms with van der Waals surface area (Å²) < 4.78 is 44.6. The highest BCUT2D eigenvalue weighted by Gasteiger charge is 2.24. The summed E-state index contributed by atoms with van der Waals surface area (Å²) >= 11 is 0. The second-order valence-corrected chi connectivity index (χ2v) is 9.85. The number of nitrogens with zero attached hydrogens (tertiary/aromatic N) is 1. The predicted octanol–water partition coefficient (Wildman–Crippen LogP) is 2.87. The van der Waals surface area contributed by atoms with Crippen LogP contribution in [-0.2, 0) is 21.2 Å². The Bertz CT molecular complexity index is 1050. The van der Waals surface area contributed by atoms with Crippen LogP contribution in [0.15, 0.2) is 47.4 Å². The van der Waals surface area contributed by atoms with Gasteiger partial charge in [0.15, 0.2) is 0 Å². The van der Waals surface area contributed by atoms with Crippen LogP contribution in [0.1, 0.15) is 36.2 Å². The quantitative estimate of drug-likeness (QED) is 0.530. The molecule has 8 nitrogen and oxygen atoms in total. The first-order valence-electron chi connectivity index (χ1n) is 11.1. The largest absolute Gasteiger partial charge is 0.496 e. The van der Waals surface area contributed by atoms with Gasteiger partial charge in [-0.3, -0.25) is 4.79 Å². The molecule has 0 atom stereocenters. The van der Waals surface area contributed by atoms with Crippen molar-refractivity contribution in [3.8, 4) is 11.5 Å². The molecule has 0 bridgehead atoms. The number of hydrogen-bond donors (Lipinski definition) is 1. The SMILES string of the molecule is COc1ccc(S(=O)(=O)NCCCc2cccc(OC(C)C)c2)cc1C(=O)N1CCOCC1. The van der Waals surface area contributed by atoms with Crippen molar-refractivity contribution in [3.05, 3.63) is 53.6 Å². The molecule has 1 aliphatic rings. The van der Waals surface area contributed by atoms with Crippen molar-refractivity contribution in [1.29, 1.82) is 0 Å². The minimum Gasteiger partial charge on any atom is -0.496 e. The highest BCUT2D eigenvalue weighted by molar-refractivity contribution is 7.89. The van der Waals surface area contributed by atoms with Gasteiger partial charge in [0.25, 0.3) is 5.91 Å². The molecule has 1 fully saturated rings. The third-order valence-electron chi connectivity index (χ3n) is 5.21. The van der Waals surface area contributed by atoms with Crippen molar-refractivity contribution in [2.45, 2.75) is 37.7 Å². The number of aryl methyl sites for hydroxylation is 1. The zero-order valence-corrected chi connectivity index (χ0v) is 20.2. The molecular weight excluding hydrogens is 444 g/mol. The Morgan fingerprint density at radius 3 is 2.61 bits per heavy atom. The molecule has 180 valence electrons. The van der Waals surface area contributed by atoms with Crippen molar-refractivity contribution >= 4 is 15.9 Å². The predicted molar refractivity (Wildman–Crippen MR) is 125 cm³/mol. The summed E-state index contributed by atoms with van der Waals surface area (Å²) in [5.41, 5.74) is 1.31. The van der Waals surface area contributed by atoms with Gasteiger partial charge in [-0.25, -0.2) is 13.1 Å². The molecule has 2 aromatic rings. The maximum absolute atomic E-state index is 12.9. The van der Waals surface area contributed by atoms with Gasteiger partial charge in [-0.05, 0) is 62.6 Å². The van der Waals surface area contributed by atoms with Gasteiger partial charge in [-0.15, -0.1) is 0 Å². The van der Waals surface area contributed by atoms with E-state index in [-0.39, 0.29) is 29.0 Å². The van der Waals surface area contributed by atoms with Crippen LogP contribution in [0.4, 0.5) is 0 Å². The third kappa shape index (κ3) is 6.93. The van der Waals surface area contributed by atoms with Crippen molar-refractivity contribution in [3.63, 3.8) is 0 Å². The van der Waals surface area contributed by atoms with Crippen LogP contribution < -0.4 is 14.2 Å². The van der Waals surface area contributed by atoms with Crippen LogP contribution in [0.5, 0.6) is 11.5 Å². The highest BCUT2D eigenvalue weighted by Crippen LogP contribution is 2.24. The minimum absolute atomic E-state index is 0.0345. The molecule has 0 spiro atoms. The fourth-order valence-electron chi connectivity index (χ4n) is 3.59. The molecular formula is C24H32N2O6S. The average molecular weight is 477 g/mol. The van der Waals surface area contributed by atoms with Crippen LogP contribution in [0.25, 0.3) is 0 Å². The summed E-state index contributed by atoms with van der Waals surface area (Å²) in [6.45, 7) is 6.05. The topological polar surface area (TPSA) is 94.2 Å². The summed E-state index contributed by atoms with van der Waals surface area (Å²) in [6, 6.07) is 12.2. The number of ether oxygens (including phenoxy) is 3. The summed E-state index contributed by atoms with van der Waals surface area (Å²) in [7, 11) is -2.32. The molecule has 0 radical (unpaired) electrons. The Morgan fingerprint density at radius 1 is 1.15 bits per heavy atom. The summed E-state index contributed by atoms with van der Waals surface area (Å²) in [6.07, 6.45) is 1.43. The van der Waals surface area contributed by atoms with E-state index in [2.05, 4.69) is 4.72 Å². The van der Waals surface area contributed by atoms with Gasteiger partial charge < -0.3 is 19.1 Å². The first-order chi connectivity index (χ1) is 15.8. The van der Waals surface area contributed by atoms with Crippen LogP contribution in [0, 0.1) is 0 Å². The molecule has 3 rings (SSSR count).